The van der Waals surface area contributed by atoms with E-state index in [1.165, 1.54) is 28.6 Å². The number of nitrogens with one attached hydrogen (secondary N) is 2. The largest absolute Gasteiger partial charge is 0.481 e. The Morgan fingerprint density at radius 3 is 2.24 bits per heavy atom. The zero-order chi connectivity index (χ0) is 33.4. The van der Waals surface area contributed by atoms with Crippen LogP contribution in [0.2, 0.25) is 0 Å². The Morgan fingerprint density at radius 2 is 1.57 bits per heavy atom. The number of fused-ring (bicyclic) bond motifs is 2. The molecule has 1 aliphatic heterocycles. The van der Waals surface area contributed by atoms with Gasteiger partial charge in [0.1, 0.15) is 5.58 Å². The zero-order valence-electron chi connectivity index (χ0n) is 25.0. The zero-order valence-corrected chi connectivity index (χ0v) is 25.8. The van der Waals surface area contributed by atoms with Crippen molar-refractivity contribution in [3.05, 3.63) is 65.5 Å². The van der Waals surface area contributed by atoms with Gasteiger partial charge in [-0.3, -0.25) is 10.2 Å². The van der Waals surface area contributed by atoms with Gasteiger partial charge in [0.05, 0.1) is 10.9 Å². The highest BCUT2D eigenvalue weighted by Crippen LogP contribution is 2.44. The van der Waals surface area contributed by atoms with Gasteiger partial charge in [-0.1, -0.05) is 31.0 Å². The fourth-order valence-corrected chi connectivity index (χ4v) is 7.12. The molecule has 46 heavy (non-hydrogen) atoms. The van der Waals surface area contributed by atoms with Crippen LogP contribution in [0.25, 0.3) is 33.4 Å². The van der Waals surface area contributed by atoms with E-state index in [0.29, 0.717) is 66.3 Å². The van der Waals surface area contributed by atoms with Crippen LogP contribution in [0.15, 0.2) is 63.9 Å². The van der Waals surface area contributed by atoms with Crippen molar-refractivity contribution in [1.29, 1.82) is 5.41 Å². The highest BCUT2D eigenvalue weighted by molar-refractivity contribution is 7.89. The number of nitrogens with two attached hydrogens (primary N) is 1. The van der Waals surface area contributed by atoms with Gasteiger partial charge >= 0.3 is 18.0 Å². The summed E-state index contributed by atoms with van der Waals surface area (Å²) in [6.45, 7) is 0.340. The van der Waals surface area contributed by atoms with Crippen LogP contribution in [0, 0.1) is 5.41 Å². The average Bonchev–Trinajstić information content (AvgIpc) is 2.99. The van der Waals surface area contributed by atoms with Crippen molar-refractivity contribution in [1.82, 2.24) is 9.62 Å². The second-order valence-corrected chi connectivity index (χ2v) is 12.7. The Bertz CT molecular complexity index is 1890. The maximum absolute atomic E-state index is 14.4. The molecular formula is C32H36N4O9S. The predicted molar refractivity (Wildman–Crippen MR) is 170 cm³/mol. The van der Waals surface area contributed by atoms with E-state index in [1.54, 1.807) is 30.3 Å². The molecule has 4 rings (SSSR count). The van der Waals surface area contributed by atoms with Gasteiger partial charge in [0, 0.05) is 54.3 Å². The molecule has 14 heteroatoms. The van der Waals surface area contributed by atoms with Crippen LogP contribution >= 0.6 is 0 Å². The molecule has 0 atom stereocenters. The number of nitrogens with zero attached hydrogens (tertiary/aromatic N) is 1. The van der Waals surface area contributed by atoms with Crippen molar-refractivity contribution in [2.45, 2.75) is 49.8 Å². The summed E-state index contributed by atoms with van der Waals surface area (Å²) >= 11 is 0. The van der Waals surface area contributed by atoms with Crippen molar-refractivity contribution in [3.63, 3.8) is 0 Å². The summed E-state index contributed by atoms with van der Waals surface area (Å²) in [5.41, 5.74) is 7.62. The Labute approximate surface area is 265 Å². The Hall–Kier alpha value is -4.95. The minimum Gasteiger partial charge on any atom is -0.481 e. The molecule has 2 aromatic rings. The molecule has 13 nitrogen and oxygen atoms in total. The summed E-state index contributed by atoms with van der Waals surface area (Å²) in [6, 6.07) is 14.0. The maximum Gasteiger partial charge on any atom is 0.404 e. The Balaban J connectivity index is 1.82. The van der Waals surface area contributed by atoms with Gasteiger partial charge < -0.3 is 30.8 Å². The van der Waals surface area contributed by atoms with E-state index in [1.807, 2.05) is 0 Å². The van der Waals surface area contributed by atoms with Gasteiger partial charge in [-0.05, 0) is 61.6 Å². The van der Waals surface area contributed by atoms with Crippen LogP contribution in [0.4, 0.5) is 10.5 Å². The average molecular weight is 653 g/mol. The van der Waals surface area contributed by atoms with E-state index in [2.05, 4.69) is 5.32 Å². The summed E-state index contributed by atoms with van der Waals surface area (Å²) in [7, 11) is -4.39. The Kier molecular flexibility index (Phi) is 11.0. The van der Waals surface area contributed by atoms with Gasteiger partial charge in [0.2, 0.25) is 10.0 Å². The lowest BCUT2D eigenvalue weighted by Crippen LogP contribution is -2.36. The van der Waals surface area contributed by atoms with Crippen LogP contribution in [-0.2, 0) is 14.8 Å². The molecule has 1 amide bonds. The summed E-state index contributed by atoms with van der Waals surface area (Å²) < 4.78 is 36.3. The number of nitrogen functional groups attached to an aromatic ring is 1. The van der Waals surface area contributed by atoms with Crippen molar-refractivity contribution in [2.24, 2.45) is 0 Å². The van der Waals surface area contributed by atoms with Gasteiger partial charge in [-0.15, -0.1) is 0 Å². The third kappa shape index (κ3) is 7.82. The maximum atomic E-state index is 14.4. The van der Waals surface area contributed by atoms with Crippen molar-refractivity contribution < 1.29 is 42.5 Å². The monoisotopic (exact) mass is 652 g/mol. The summed E-state index contributed by atoms with van der Waals surface area (Å²) in [5.74, 6) is -2.24. The lowest BCUT2D eigenvalue weighted by Gasteiger charge is -2.25. The molecule has 1 aliphatic carbocycles. The number of amides is 1. The van der Waals surface area contributed by atoms with Crippen LogP contribution in [-0.4, -0.2) is 65.7 Å². The number of hydrogen-bond acceptors (Lipinski definition) is 8. The topological polar surface area (TPSA) is 224 Å². The van der Waals surface area contributed by atoms with E-state index < -0.39 is 28.1 Å². The molecule has 0 aromatic heterocycles. The first-order valence-corrected chi connectivity index (χ1v) is 16.2. The third-order valence-corrected chi connectivity index (χ3v) is 9.52. The van der Waals surface area contributed by atoms with Crippen molar-refractivity contribution in [2.75, 3.05) is 25.4 Å². The SMILES string of the molecule is N=c1ccc2c(-c3ccccc3C(=O)O)c3ccc(N)cc3oc-2c1S(=O)(=O)N(CCCCCNC(=O)O)CCCCCC(=O)O. The number of anilines is 1. The number of benzene rings is 3. The smallest absolute Gasteiger partial charge is 0.404 e. The minimum atomic E-state index is -4.39. The summed E-state index contributed by atoms with van der Waals surface area (Å²) in [4.78, 5) is 33.6. The van der Waals surface area contributed by atoms with Crippen molar-refractivity contribution in [3.8, 4) is 22.5 Å². The highest BCUT2D eigenvalue weighted by Gasteiger charge is 2.33. The molecule has 0 spiro atoms. The standard InChI is InChI=1S/C32H36N4O9S/c33-20-12-13-23-26(19-20)45-29-24(28(23)21-9-4-5-10-22(21)31(39)40)14-15-25(34)30(29)46(43,44)36(17-7-1-3-11-27(37)38)18-8-2-6-16-35-32(41)42/h4-5,9-10,12-15,19,34-35H,1-3,6-8,11,16-18,33H2,(H,37,38)(H,39,40)(H,41,42). The van der Waals surface area contributed by atoms with Crippen LogP contribution in [0.1, 0.15) is 55.3 Å². The van der Waals surface area contributed by atoms with Crippen LogP contribution in [0.5, 0.6) is 0 Å². The van der Waals surface area contributed by atoms with E-state index in [9.17, 15) is 27.9 Å². The highest BCUT2D eigenvalue weighted by atomic mass is 32.2. The van der Waals surface area contributed by atoms with E-state index in [-0.39, 0.29) is 53.2 Å². The molecule has 2 aromatic carbocycles. The second-order valence-electron chi connectivity index (χ2n) is 10.8. The number of carboxylic acids is 2. The quantitative estimate of drug-likeness (QED) is 0.0537. The minimum absolute atomic E-state index is 0.00661. The number of sulfonamides is 1. The number of aromatic carboxylic acids is 1. The lowest BCUT2D eigenvalue weighted by atomic mass is 9.90. The fourth-order valence-electron chi connectivity index (χ4n) is 5.39. The molecule has 0 fully saturated rings. The third-order valence-electron chi connectivity index (χ3n) is 7.55. The number of carboxylic acid groups (broad SMARTS) is 3. The first-order valence-electron chi connectivity index (χ1n) is 14.8. The second kappa shape index (κ2) is 14.9. The molecule has 1 heterocycles. The van der Waals surface area contributed by atoms with Gasteiger partial charge in [-0.2, -0.15) is 4.31 Å². The van der Waals surface area contributed by atoms with E-state index >= 15 is 0 Å². The first kappa shape index (κ1) is 33.9. The number of carbonyl (C=O) groups is 3. The van der Waals surface area contributed by atoms with Gasteiger partial charge in [0.15, 0.2) is 10.7 Å². The molecule has 0 unspecified atom stereocenters. The molecule has 2 aliphatic rings. The lowest BCUT2D eigenvalue weighted by molar-refractivity contribution is -0.137. The first-order chi connectivity index (χ1) is 21.9. The Morgan fingerprint density at radius 1 is 0.870 bits per heavy atom. The van der Waals surface area contributed by atoms with Crippen molar-refractivity contribution >= 4 is 44.7 Å². The normalized spacial score (nSPS) is 11.7. The molecule has 7 N–H and O–H groups in total. The molecule has 244 valence electrons. The van der Waals surface area contributed by atoms with E-state index in [4.69, 9.17) is 25.8 Å². The summed E-state index contributed by atoms with van der Waals surface area (Å²) in [6.07, 6.45) is 1.45. The predicted octanol–water partition coefficient (Wildman–Crippen LogP) is 5.04. The molecular weight excluding hydrogens is 616 g/mol. The number of rotatable bonds is 16. The fraction of sp³-hybridized carbons (Fsp3) is 0.312. The molecule has 0 saturated heterocycles. The summed E-state index contributed by atoms with van der Waals surface area (Å²) in [5, 5.41) is 38.9. The van der Waals surface area contributed by atoms with E-state index in [0.717, 1.165) is 0 Å². The number of unbranched alkanes of at least 4 members (excludes halogenated alkanes) is 4. The van der Waals surface area contributed by atoms with Crippen LogP contribution in [0.3, 0.4) is 0 Å². The molecule has 0 radical (unpaired) electrons. The number of hydrogen-bond donors (Lipinski definition) is 6. The van der Waals surface area contributed by atoms with Gasteiger partial charge in [0.25, 0.3) is 0 Å². The van der Waals surface area contributed by atoms with Crippen LogP contribution < -0.4 is 16.4 Å². The molecule has 0 saturated carbocycles. The number of aliphatic carboxylic acids is 1. The molecule has 0 bridgehead atoms. The van der Waals surface area contributed by atoms with Gasteiger partial charge in [-0.25, -0.2) is 18.0 Å².